The van der Waals surface area contributed by atoms with Crippen LogP contribution in [0.4, 0.5) is 5.69 Å². The highest BCUT2D eigenvalue weighted by Gasteiger charge is 2.10. The van der Waals surface area contributed by atoms with Crippen LogP contribution in [0.3, 0.4) is 0 Å². The summed E-state index contributed by atoms with van der Waals surface area (Å²) >= 11 is 0. The van der Waals surface area contributed by atoms with Crippen LogP contribution in [0.1, 0.15) is 16.7 Å². The zero-order valence-electron chi connectivity index (χ0n) is 12.0. The number of hydrogen-bond donors (Lipinski definition) is 0. The highest BCUT2D eigenvalue weighted by molar-refractivity contribution is 5.82. The summed E-state index contributed by atoms with van der Waals surface area (Å²) in [6.45, 7) is 4.88. The fourth-order valence-electron chi connectivity index (χ4n) is 2.58. The number of hydrogen-bond acceptors (Lipinski definition) is 2. The molecule has 0 fully saturated rings. The van der Waals surface area contributed by atoms with Crippen molar-refractivity contribution in [3.8, 4) is 0 Å². The smallest absolute Gasteiger partial charge is 0.271 e. The second-order valence-corrected chi connectivity index (χ2v) is 5.37. The highest BCUT2D eigenvalue weighted by atomic mass is 16.6. The minimum Gasteiger partial charge on any atom is -0.343 e. The van der Waals surface area contributed by atoms with Crippen LogP contribution in [0.5, 0.6) is 0 Å². The standard InChI is InChI=1S/C17H16N2O2/c1-12-3-4-13(2)15(9-12)11-18-8-7-14-5-6-16(19(20)21)10-17(14)18/h3-10H,11H2,1-2H3. The van der Waals surface area contributed by atoms with E-state index in [1.54, 1.807) is 18.2 Å². The molecular weight excluding hydrogens is 264 g/mol. The monoisotopic (exact) mass is 280 g/mol. The number of benzene rings is 2. The molecule has 0 aliphatic heterocycles. The van der Waals surface area contributed by atoms with E-state index in [1.165, 1.54) is 16.7 Å². The van der Waals surface area contributed by atoms with Crippen molar-refractivity contribution >= 4 is 16.6 Å². The molecule has 4 heteroatoms. The molecule has 0 spiro atoms. The van der Waals surface area contributed by atoms with Crippen LogP contribution >= 0.6 is 0 Å². The lowest BCUT2D eigenvalue weighted by Crippen LogP contribution is -2.00. The van der Waals surface area contributed by atoms with Gasteiger partial charge in [0.25, 0.3) is 5.69 Å². The van der Waals surface area contributed by atoms with Gasteiger partial charge in [-0.2, -0.15) is 0 Å². The first-order valence-corrected chi connectivity index (χ1v) is 6.84. The van der Waals surface area contributed by atoms with Crippen LogP contribution in [0, 0.1) is 24.0 Å². The summed E-state index contributed by atoms with van der Waals surface area (Å²) in [7, 11) is 0. The Morgan fingerprint density at radius 1 is 1.10 bits per heavy atom. The van der Waals surface area contributed by atoms with Crippen molar-refractivity contribution in [2.75, 3.05) is 0 Å². The minimum atomic E-state index is -0.352. The Morgan fingerprint density at radius 3 is 2.67 bits per heavy atom. The average molecular weight is 280 g/mol. The molecule has 1 aromatic heterocycles. The number of non-ortho nitro benzene ring substituents is 1. The summed E-state index contributed by atoms with van der Waals surface area (Å²) < 4.78 is 2.06. The van der Waals surface area contributed by atoms with Crippen LogP contribution in [-0.4, -0.2) is 9.49 Å². The van der Waals surface area contributed by atoms with Crippen molar-refractivity contribution in [3.05, 3.63) is 75.5 Å². The summed E-state index contributed by atoms with van der Waals surface area (Å²) in [5, 5.41) is 12.0. The van der Waals surface area contributed by atoms with Gasteiger partial charge in [0, 0.05) is 30.3 Å². The van der Waals surface area contributed by atoms with Crippen LogP contribution in [0.15, 0.2) is 48.7 Å². The molecule has 0 bridgehead atoms. The summed E-state index contributed by atoms with van der Waals surface area (Å²) in [6, 6.07) is 13.3. The maximum absolute atomic E-state index is 10.9. The predicted molar refractivity (Wildman–Crippen MR) is 83.6 cm³/mol. The number of aromatic nitrogens is 1. The molecule has 2 aromatic carbocycles. The van der Waals surface area contributed by atoms with E-state index in [4.69, 9.17) is 0 Å². The zero-order chi connectivity index (χ0) is 15.0. The average Bonchev–Trinajstić information content (AvgIpc) is 2.85. The van der Waals surface area contributed by atoms with Gasteiger partial charge < -0.3 is 4.57 Å². The van der Waals surface area contributed by atoms with Gasteiger partial charge >= 0.3 is 0 Å². The van der Waals surface area contributed by atoms with E-state index in [0.717, 1.165) is 17.4 Å². The molecule has 0 saturated carbocycles. The molecule has 21 heavy (non-hydrogen) atoms. The number of aryl methyl sites for hydroxylation is 2. The van der Waals surface area contributed by atoms with Crippen molar-refractivity contribution in [2.45, 2.75) is 20.4 Å². The van der Waals surface area contributed by atoms with Crippen LogP contribution < -0.4 is 0 Å². The lowest BCUT2D eigenvalue weighted by atomic mass is 10.1. The molecule has 3 aromatic rings. The van der Waals surface area contributed by atoms with Gasteiger partial charge in [-0.05, 0) is 37.1 Å². The minimum absolute atomic E-state index is 0.128. The van der Waals surface area contributed by atoms with Gasteiger partial charge in [-0.25, -0.2) is 0 Å². The van der Waals surface area contributed by atoms with Gasteiger partial charge in [0.05, 0.1) is 10.4 Å². The number of nitro groups is 1. The number of rotatable bonds is 3. The van der Waals surface area contributed by atoms with E-state index in [9.17, 15) is 10.1 Å². The Morgan fingerprint density at radius 2 is 1.90 bits per heavy atom. The number of nitrogens with zero attached hydrogens (tertiary/aromatic N) is 2. The molecule has 106 valence electrons. The first-order chi connectivity index (χ1) is 10.0. The quantitative estimate of drug-likeness (QED) is 0.533. The van der Waals surface area contributed by atoms with Crippen molar-refractivity contribution in [1.29, 1.82) is 0 Å². The molecule has 0 aliphatic carbocycles. The third-order valence-electron chi connectivity index (χ3n) is 3.81. The molecule has 0 amide bonds. The summed E-state index contributed by atoms with van der Waals surface area (Å²) in [5.74, 6) is 0. The van der Waals surface area contributed by atoms with Gasteiger partial charge in [-0.1, -0.05) is 23.8 Å². The molecule has 0 N–H and O–H groups in total. The molecular formula is C17H16N2O2. The Labute approximate surface area is 122 Å². The van der Waals surface area contributed by atoms with Gasteiger partial charge in [0.15, 0.2) is 0 Å². The normalized spacial score (nSPS) is 11.0. The Bertz CT molecular complexity index is 834. The van der Waals surface area contributed by atoms with Crippen molar-refractivity contribution in [1.82, 2.24) is 4.57 Å². The maximum atomic E-state index is 10.9. The fraction of sp³-hybridized carbons (Fsp3) is 0.176. The maximum Gasteiger partial charge on any atom is 0.271 e. The van der Waals surface area contributed by atoms with Crippen LogP contribution in [0.25, 0.3) is 10.9 Å². The Kier molecular flexibility index (Phi) is 3.22. The van der Waals surface area contributed by atoms with E-state index in [1.807, 2.05) is 12.3 Å². The molecule has 0 radical (unpaired) electrons. The molecule has 3 rings (SSSR count). The topological polar surface area (TPSA) is 48.1 Å². The van der Waals surface area contributed by atoms with Gasteiger partial charge in [-0.15, -0.1) is 0 Å². The number of nitro benzene ring substituents is 1. The first kappa shape index (κ1) is 13.4. The van der Waals surface area contributed by atoms with E-state index in [-0.39, 0.29) is 10.6 Å². The van der Waals surface area contributed by atoms with E-state index < -0.39 is 0 Å². The predicted octanol–water partition coefficient (Wildman–Crippen LogP) is 4.21. The molecule has 1 heterocycles. The highest BCUT2D eigenvalue weighted by Crippen LogP contribution is 2.23. The van der Waals surface area contributed by atoms with Crippen molar-refractivity contribution < 1.29 is 4.92 Å². The van der Waals surface area contributed by atoms with Gasteiger partial charge in [-0.3, -0.25) is 10.1 Å². The third-order valence-corrected chi connectivity index (χ3v) is 3.81. The SMILES string of the molecule is Cc1ccc(C)c(Cn2ccc3ccc([N+](=O)[O-])cc32)c1. The van der Waals surface area contributed by atoms with E-state index in [2.05, 4.69) is 36.6 Å². The second kappa shape index (κ2) is 5.05. The molecule has 0 atom stereocenters. The lowest BCUT2D eigenvalue weighted by Gasteiger charge is -2.10. The Hall–Kier alpha value is -2.62. The molecule has 0 aliphatic rings. The number of fused-ring (bicyclic) bond motifs is 1. The third kappa shape index (κ3) is 2.52. The summed E-state index contributed by atoms with van der Waals surface area (Å²) in [5.41, 5.74) is 4.71. The second-order valence-electron chi connectivity index (χ2n) is 5.37. The first-order valence-electron chi connectivity index (χ1n) is 6.84. The summed E-state index contributed by atoms with van der Waals surface area (Å²) in [6.07, 6.45) is 1.98. The van der Waals surface area contributed by atoms with E-state index in [0.29, 0.717) is 0 Å². The van der Waals surface area contributed by atoms with Gasteiger partial charge in [0.2, 0.25) is 0 Å². The molecule has 0 unspecified atom stereocenters. The van der Waals surface area contributed by atoms with Crippen LogP contribution in [0.2, 0.25) is 0 Å². The Balaban J connectivity index is 2.06. The molecule has 0 saturated heterocycles. The largest absolute Gasteiger partial charge is 0.343 e. The van der Waals surface area contributed by atoms with Gasteiger partial charge in [0.1, 0.15) is 0 Å². The van der Waals surface area contributed by atoms with Crippen molar-refractivity contribution in [3.63, 3.8) is 0 Å². The lowest BCUT2D eigenvalue weighted by molar-refractivity contribution is -0.384. The van der Waals surface area contributed by atoms with Crippen molar-refractivity contribution in [2.24, 2.45) is 0 Å². The molecule has 4 nitrogen and oxygen atoms in total. The van der Waals surface area contributed by atoms with Crippen LogP contribution in [-0.2, 0) is 6.54 Å². The van der Waals surface area contributed by atoms with E-state index >= 15 is 0 Å². The zero-order valence-corrected chi connectivity index (χ0v) is 12.0. The summed E-state index contributed by atoms with van der Waals surface area (Å²) in [4.78, 5) is 10.6. The fourth-order valence-corrected chi connectivity index (χ4v) is 2.58.